The molecule has 0 aliphatic heterocycles. The summed E-state index contributed by atoms with van der Waals surface area (Å²) in [5, 5.41) is 1.07. The van der Waals surface area contributed by atoms with Gasteiger partial charge in [0.15, 0.2) is 0 Å². The van der Waals surface area contributed by atoms with Gasteiger partial charge in [0.1, 0.15) is 0 Å². The molecule has 0 aliphatic rings. The number of thiazole rings is 1. The van der Waals surface area contributed by atoms with Crippen LogP contribution in [0.15, 0.2) is 42.6 Å². The van der Waals surface area contributed by atoms with Gasteiger partial charge in [0.25, 0.3) is 0 Å². The number of hydrazine groups is 1. The fourth-order valence-electron chi connectivity index (χ4n) is 1.82. The summed E-state index contributed by atoms with van der Waals surface area (Å²) < 4.78 is 1.21. The second kappa shape index (κ2) is 4.72. The van der Waals surface area contributed by atoms with Crippen molar-refractivity contribution in [2.45, 2.75) is 6.42 Å². The molecule has 4 nitrogen and oxygen atoms in total. The molecule has 0 atom stereocenters. The maximum Gasteiger partial charge on any atom is 0.0998 e. The normalized spacial score (nSPS) is 10.7. The number of aromatic nitrogens is 2. The molecule has 0 bridgehead atoms. The highest BCUT2D eigenvalue weighted by atomic mass is 32.1. The van der Waals surface area contributed by atoms with Crippen molar-refractivity contribution < 1.29 is 0 Å². The Balaban J connectivity index is 1.91. The smallest absolute Gasteiger partial charge is 0.0998 e. The standard InChI is InChI=1S/C13H12N4S/c14-17-9-5-6-15-10(7-9)8-13-16-11-3-1-2-4-12(11)18-13/h1-7H,8,14H2,(H,15,17). The van der Waals surface area contributed by atoms with E-state index in [-0.39, 0.29) is 0 Å². The molecule has 0 spiro atoms. The van der Waals surface area contributed by atoms with Crippen LogP contribution >= 0.6 is 11.3 Å². The molecule has 0 saturated carbocycles. The highest BCUT2D eigenvalue weighted by molar-refractivity contribution is 7.18. The van der Waals surface area contributed by atoms with Gasteiger partial charge in [-0.2, -0.15) is 0 Å². The molecule has 2 aromatic heterocycles. The summed E-state index contributed by atoms with van der Waals surface area (Å²) in [6.07, 6.45) is 2.48. The number of pyridine rings is 1. The second-order valence-corrected chi connectivity index (χ2v) is 5.05. The van der Waals surface area contributed by atoms with E-state index in [9.17, 15) is 0 Å². The van der Waals surface area contributed by atoms with Gasteiger partial charge < -0.3 is 5.43 Å². The van der Waals surface area contributed by atoms with Gasteiger partial charge in [-0.05, 0) is 24.3 Å². The molecule has 90 valence electrons. The summed E-state index contributed by atoms with van der Waals surface area (Å²) in [6, 6.07) is 11.9. The van der Waals surface area contributed by atoms with Gasteiger partial charge in [-0.3, -0.25) is 10.8 Å². The number of fused-ring (bicyclic) bond motifs is 1. The van der Waals surface area contributed by atoms with Gasteiger partial charge in [0, 0.05) is 18.3 Å². The number of para-hydroxylation sites is 1. The van der Waals surface area contributed by atoms with Gasteiger partial charge in [-0.25, -0.2) is 4.98 Å². The molecule has 0 saturated heterocycles. The van der Waals surface area contributed by atoms with Crippen molar-refractivity contribution in [3.8, 4) is 0 Å². The Morgan fingerprint density at radius 2 is 2.11 bits per heavy atom. The first-order valence-electron chi connectivity index (χ1n) is 5.61. The lowest BCUT2D eigenvalue weighted by molar-refractivity contribution is 1.06. The van der Waals surface area contributed by atoms with Gasteiger partial charge in [0.2, 0.25) is 0 Å². The van der Waals surface area contributed by atoms with Crippen LogP contribution in [0.25, 0.3) is 10.2 Å². The predicted molar refractivity (Wildman–Crippen MR) is 74.5 cm³/mol. The average molecular weight is 256 g/mol. The Bertz CT molecular complexity index is 644. The number of hydrogen-bond acceptors (Lipinski definition) is 5. The number of anilines is 1. The van der Waals surface area contributed by atoms with Gasteiger partial charge in [-0.15, -0.1) is 11.3 Å². The van der Waals surface area contributed by atoms with Crippen molar-refractivity contribution >= 4 is 27.2 Å². The zero-order valence-corrected chi connectivity index (χ0v) is 10.4. The van der Waals surface area contributed by atoms with Gasteiger partial charge in [0.05, 0.1) is 20.9 Å². The van der Waals surface area contributed by atoms with Gasteiger partial charge in [-0.1, -0.05) is 12.1 Å². The van der Waals surface area contributed by atoms with Gasteiger partial charge >= 0.3 is 0 Å². The Morgan fingerprint density at radius 1 is 1.22 bits per heavy atom. The van der Waals surface area contributed by atoms with Crippen LogP contribution in [0.2, 0.25) is 0 Å². The Labute approximate surface area is 108 Å². The van der Waals surface area contributed by atoms with E-state index in [1.165, 1.54) is 4.70 Å². The number of rotatable bonds is 3. The Morgan fingerprint density at radius 3 is 2.94 bits per heavy atom. The minimum atomic E-state index is 0.731. The number of nitrogens with zero attached hydrogens (tertiary/aromatic N) is 2. The number of nitrogens with two attached hydrogens (primary N) is 1. The predicted octanol–water partition coefficient (Wildman–Crippen LogP) is 2.57. The second-order valence-electron chi connectivity index (χ2n) is 3.93. The minimum Gasteiger partial charge on any atom is -0.324 e. The third-order valence-corrected chi connectivity index (χ3v) is 3.69. The molecule has 0 amide bonds. The van der Waals surface area contributed by atoms with Crippen LogP contribution in [0.3, 0.4) is 0 Å². The first kappa shape index (κ1) is 11.1. The number of hydrogen-bond donors (Lipinski definition) is 2. The zero-order valence-electron chi connectivity index (χ0n) is 9.63. The SMILES string of the molecule is NNc1ccnc(Cc2nc3ccccc3s2)c1. The summed E-state index contributed by atoms with van der Waals surface area (Å²) in [4.78, 5) is 8.91. The summed E-state index contributed by atoms with van der Waals surface area (Å²) in [5.41, 5.74) is 5.49. The maximum atomic E-state index is 5.38. The Hall–Kier alpha value is -1.98. The summed E-state index contributed by atoms with van der Waals surface area (Å²) >= 11 is 1.70. The number of benzene rings is 1. The van der Waals surface area contributed by atoms with Crippen molar-refractivity contribution in [3.63, 3.8) is 0 Å². The molecular weight excluding hydrogens is 244 g/mol. The number of nitrogen functional groups attached to an aromatic ring is 1. The minimum absolute atomic E-state index is 0.731. The molecule has 18 heavy (non-hydrogen) atoms. The first-order chi connectivity index (χ1) is 8.85. The van der Waals surface area contributed by atoms with Crippen LogP contribution in [0.4, 0.5) is 5.69 Å². The van der Waals surface area contributed by atoms with Crippen molar-refractivity contribution in [1.82, 2.24) is 9.97 Å². The molecule has 5 heteroatoms. The quantitative estimate of drug-likeness (QED) is 0.558. The summed E-state index contributed by atoms with van der Waals surface area (Å²) in [6.45, 7) is 0. The summed E-state index contributed by atoms with van der Waals surface area (Å²) in [7, 11) is 0. The molecular formula is C13H12N4S. The lowest BCUT2D eigenvalue weighted by Crippen LogP contribution is -2.07. The van der Waals surface area contributed by atoms with E-state index in [0.717, 1.165) is 28.3 Å². The largest absolute Gasteiger partial charge is 0.324 e. The van der Waals surface area contributed by atoms with Crippen molar-refractivity contribution in [3.05, 3.63) is 53.3 Å². The third kappa shape index (κ3) is 2.18. The monoisotopic (exact) mass is 256 g/mol. The van der Waals surface area contributed by atoms with Crippen LogP contribution in [-0.2, 0) is 6.42 Å². The lowest BCUT2D eigenvalue weighted by atomic mass is 10.2. The van der Waals surface area contributed by atoms with Crippen LogP contribution < -0.4 is 11.3 Å². The van der Waals surface area contributed by atoms with E-state index in [0.29, 0.717) is 0 Å². The molecule has 0 fully saturated rings. The highest BCUT2D eigenvalue weighted by Crippen LogP contribution is 2.23. The lowest BCUT2D eigenvalue weighted by Gasteiger charge is -2.01. The third-order valence-electron chi connectivity index (χ3n) is 2.65. The first-order valence-corrected chi connectivity index (χ1v) is 6.43. The Kier molecular flexibility index (Phi) is 2.92. The molecule has 0 radical (unpaired) electrons. The maximum absolute atomic E-state index is 5.38. The number of nitrogens with one attached hydrogen (secondary N) is 1. The van der Waals surface area contributed by atoms with Crippen LogP contribution in [0.5, 0.6) is 0 Å². The average Bonchev–Trinajstić information content (AvgIpc) is 2.81. The zero-order chi connectivity index (χ0) is 12.4. The molecule has 0 unspecified atom stereocenters. The van der Waals surface area contributed by atoms with Crippen molar-refractivity contribution in [1.29, 1.82) is 0 Å². The fourth-order valence-corrected chi connectivity index (χ4v) is 2.80. The molecule has 2 heterocycles. The van der Waals surface area contributed by atoms with E-state index < -0.39 is 0 Å². The van der Waals surface area contributed by atoms with E-state index in [2.05, 4.69) is 21.5 Å². The topological polar surface area (TPSA) is 63.8 Å². The van der Waals surface area contributed by atoms with E-state index in [1.807, 2.05) is 30.3 Å². The van der Waals surface area contributed by atoms with E-state index in [4.69, 9.17) is 5.84 Å². The van der Waals surface area contributed by atoms with E-state index in [1.54, 1.807) is 17.5 Å². The van der Waals surface area contributed by atoms with Crippen LogP contribution in [0.1, 0.15) is 10.7 Å². The molecule has 3 aromatic rings. The van der Waals surface area contributed by atoms with Crippen LogP contribution in [-0.4, -0.2) is 9.97 Å². The molecule has 3 N–H and O–H groups in total. The summed E-state index contributed by atoms with van der Waals surface area (Å²) in [5.74, 6) is 5.38. The van der Waals surface area contributed by atoms with Crippen molar-refractivity contribution in [2.24, 2.45) is 5.84 Å². The van der Waals surface area contributed by atoms with Crippen molar-refractivity contribution in [2.75, 3.05) is 5.43 Å². The van der Waals surface area contributed by atoms with E-state index >= 15 is 0 Å². The fraction of sp³-hybridized carbons (Fsp3) is 0.0769. The molecule has 0 aliphatic carbocycles. The molecule has 1 aromatic carbocycles. The van der Waals surface area contributed by atoms with Crippen LogP contribution in [0, 0.1) is 0 Å². The molecule has 3 rings (SSSR count). The highest BCUT2D eigenvalue weighted by Gasteiger charge is 2.05.